The normalized spacial score (nSPS) is 14.0. The fourth-order valence-electron chi connectivity index (χ4n) is 4.30. The van der Waals surface area contributed by atoms with E-state index in [1.165, 1.54) is 12.7 Å². The molecule has 2 amide bonds. The summed E-state index contributed by atoms with van der Waals surface area (Å²) in [5, 5.41) is 52.9. The van der Waals surface area contributed by atoms with Crippen molar-refractivity contribution >= 4 is 23.4 Å². The maximum atomic E-state index is 10.7. The molecule has 0 radical (unpaired) electrons. The molecule has 24 nitrogen and oxygen atoms in total. The van der Waals surface area contributed by atoms with Gasteiger partial charge in [0.2, 0.25) is 11.8 Å². The van der Waals surface area contributed by atoms with E-state index in [2.05, 4.69) is 149 Å². The molecule has 0 fully saturated rings. The van der Waals surface area contributed by atoms with Gasteiger partial charge in [-0.3, -0.25) is 29.8 Å². The van der Waals surface area contributed by atoms with Crippen LogP contribution in [0.1, 0.15) is 181 Å². The van der Waals surface area contributed by atoms with Crippen LogP contribution in [0.5, 0.6) is 0 Å². The van der Waals surface area contributed by atoms with Crippen LogP contribution >= 0.6 is 0 Å². The Hall–Kier alpha value is -6.36. The predicted octanol–water partition coefficient (Wildman–Crippen LogP) is 5.06. The van der Waals surface area contributed by atoms with Crippen LogP contribution in [-0.2, 0) is 36.7 Å². The van der Waals surface area contributed by atoms with Crippen LogP contribution < -0.4 is 16.4 Å². The molecule has 2 aliphatic heterocycles. The molecule has 0 saturated carbocycles. The zero-order chi connectivity index (χ0) is 51.0. The van der Waals surface area contributed by atoms with Crippen molar-refractivity contribution < 1.29 is 9.59 Å². The van der Waals surface area contributed by atoms with Crippen LogP contribution in [0.3, 0.4) is 0 Å². The topological polar surface area (TPSA) is 337 Å². The highest BCUT2D eigenvalue weighted by Crippen LogP contribution is 2.21. The van der Waals surface area contributed by atoms with Gasteiger partial charge in [-0.1, -0.05) is 156 Å². The predicted molar refractivity (Wildman–Crippen MR) is 253 cm³/mol. The second-order valence-corrected chi connectivity index (χ2v) is 22.4. The molecule has 0 saturated heterocycles. The first kappa shape index (κ1) is 57.7. The second-order valence-electron chi connectivity index (χ2n) is 22.4. The molecular formula is C42H77N21O3. The fraction of sp³-hybridized carbons (Fsp3) is 0.714. The molecule has 5 aromatic heterocycles. The molecule has 0 bridgehead atoms. The van der Waals surface area contributed by atoms with Crippen LogP contribution in [0.25, 0.3) is 0 Å². The SMILES string of the molecule is CC(C)(C)C1=NCC(=O)N1.CC(C)(C)C1=NNC(=O)C1.CC(C)(C)c1n[nH]c(=O)[nH]1.CC(C)(C)c1ncn[nH]1.CC(C)(C)c1ncn[nH]1.CC(C)(C)c1nn[nH]n1.CC(C)(C)c1nn[nH]n1. The molecule has 24 heteroatoms. The van der Waals surface area contributed by atoms with Crippen LogP contribution in [0.15, 0.2) is 27.5 Å². The Morgan fingerprint density at radius 1 is 0.485 bits per heavy atom. The summed E-state index contributed by atoms with van der Waals surface area (Å²) in [7, 11) is 0. The number of amides is 2. The number of amidine groups is 1. The molecule has 0 atom stereocenters. The van der Waals surface area contributed by atoms with Gasteiger partial charge in [-0.15, -0.1) is 20.4 Å². The summed E-state index contributed by atoms with van der Waals surface area (Å²) in [6.45, 7) is 43.3. The summed E-state index contributed by atoms with van der Waals surface area (Å²) in [6.07, 6.45) is 3.52. The smallest absolute Gasteiger partial charge is 0.312 e. The first-order valence-corrected chi connectivity index (χ1v) is 21.5. The average molecular weight is 924 g/mol. The van der Waals surface area contributed by atoms with Crippen molar-refractivity contribution in [2.45, 2.75) is 179 Å². The number of aliphatic imine (C=N–C) groups is 1. The maximum Gasteiger partial charge on any atom is 0.340 e. The summed E-state index contributed by atoms with van der Waals surface area (Å²) in [4.78, 5) is 46.6. The Kier molecular flexibility index (Phi) is 20.7. The largest absolute Gasteiger partial charge is 0.340 e. The van der Waals surface area contributed by atoms with E-state index >= 15 is 0 Å². The van der Waals surface area contributed by atoms with Gasteiger partial charge in [0.15, 0.2) is 11.6 Å². The molecule has 0 aliphatic carbocycles. The van der Waals surface area contributed by atoms with Crippen molar-refractivity contribution in [3.8, 4) is 0 Å². The molecule has 368 valence electrons. The number of aromatic amines is 6. The average Bonchev–Trinajstić information content (AvgIpc) is 3.99. The quantitative estimate of drug-likeness (QED) is 0.101. The number of hydrogen-bond donors (Lipinski definition) is 8. The fourth-order valence-corrected chi connectivity index (χ4v) is 4.30. The number of nitrogens with one attached hydrogen (secondary N) is 8. The molecule has 5 aromatic rings. The zero-order valence-corrected chi connectivity index (χ0v) is 43.1. The standard InChI is InChI=1S/2C7H12N2O.C6H11N3O.2C6H11N3.2C5H10N4/c1-7(2,3)6-8-4-5(10)9-6;1-7(2,3)5-4-6(10)9-8-5;1-6(2,3)4-7-5(10)9-8-4;2*1-6(2,3)5-7-4-8-9-5;2*1-5(2,3)4-6-8-9-7-4/h4H2,1-3H3,(H,8,9,10);4H2,1-3H3,(H,9,10);1-3H3,(H2,7,8,9,10);2*4H,1-3H3,(H,7,8,9);2*1-3H3,(H,6,7,8,9). The lowest BCUT2D eigenvalue weighted by atomic mass is 9.88. The van der Waals surface area contributed by atoms with Gasteiger partial charge >= 0.3 is 5.69 Å². The lowest BCUT2D eigenvalue weighted by Gasteiger charge is -2.17. The van der Waals surface area contributed by atoms with Gasteiger partial charge in [-0.2, -0.15) is 30.8 Å². The van der Waals surface area contributed by atoms with Crippen molar-refractivity contribution in [2.75, 3.05) is 6.54 Å². The summed E-state index contributed by atoms with van der Waals surface area (Å²) in [5.41, 5.74) is 3.24. The number of aromatic nitrogens is 17. The number of carbonyl (C=O) groups is 2. The second kappa shape index (κ2) is 23.7. The number of H-pyrrole nitrogens is 6. The molecule has 0 unspecified atom stereocenters. The molecule has 0 aromatic carbocycles. The van der Waals surface area contributed by atoms with Crippen molar-refractivity contribution in [3.63, 3.8) is 0 Å². The van der Waals surface area contributed by atoms with Gasteiger partial charge in [-0.05, 0) is 0 Å². The first-order chi connectivity index (χ1) is 29.9. The van der Waals surface area contributed by atoms with E-state index in [0.717, 1.165) is 34.8 Å². The summed E-state index contributed by atoms with van der Waals surface area (Å²) >= 11 is 0. The van der Waals surface area contributed by atoms with Gasteiger partial charge < -0.3 is 5.32 Å². The number of hydrogen-bond acceptors (Lipinski definition) is 16. The lowest BCUT2D eigenvalue weighted by Crippen LogP contribution is -2.34. The summed E-state index contributed by atoms with van der Waals surface area (Å²) in [5.74, 6) is 4.87. The van der Waals surface area contributed by atoms with E-state index in [1.54, 1.807) is 0 Å². The number of rotatable bonds is 0. The number of nitrogens with zero attached hydrogens (tertiary/aromatic N) is 13. The minimum atomic E-state index is -0.245. The number of hydrazone groups is 1. The third kappa shape index (κ3) is 22.5. The molecule has 0 spiro atoms. The molecule has 7 heterocycles. The highest BCUT2D eigenvalue weighted by Gasteiger charge is 2.26. The van der Waals surface area contributed by atoms with E-state index in [0.29, 0.717) is 18.8 Å². The van der Waals surface area contributed by atoms with Crippen LogP contribution in [0, 0.1) is 10.8 Å². The lowest BCUT2D eigenvalue weighted by molar-refractivity contribution is -0.119. The maximum absolute atomic E-state index is 10.7. The van der Waals surface area contributed by atoms with E-state index in [-0.39, 0.29) is 55.4 Å². The minimum absolute atomic E-state index is 0.00456. The van der Waals surface area contributed by atoms with Gasteiger partial charge in [-0.25, -0.2) is 25.3 Å². The summed E-state index contributed by atoms with van der Waals surface area (Å²) < 4.78 is 0. The Bertz CT molecular complexity index is 2010. The van der Waals surface area contributed by atoms with Crippen molar-refractivity contribution in [2.24, 2.45) is 20.9 Å². The van der Waals surface area contributed by atoms with E-state index in [9.17, 15) is 14.4 Å². The highest BCUT2D eigenvalue weighted by molar-refractivity contribution is 6.07. The Morgan fingerprint density at radius 3 is 1.08 bits per heavy atom. The van der Waals surface area contributed by atoms with E-state index < -0.39 is 0 Å². The minimum Gasteiger partial charge on any atom is -0.312 e. The third-order valence-electron chi connectivity index (χ3n) is 8.35. The molecule has 8 N–H and O–H groups in total. The van der Waals surface area contributed by atoms with Crippen molar-refractivity contribution in [1.82, 2.24) is 97.5 Å². The van der Waals surface area contributed by atoms with Crippen molar-refractivity contribution in [3.05, 3.63) is 52.3 Å². The molecule has 66 heavy (non-hydrogen) atoms. The van der Waals surface area contributed by atoms with E-state index in [1.807, 2.05) is 104 Å². The van der Waals surface area contributed by atoms with Gasteiger partial charge in [0.25, 0.3) is 0 Å². The summed E-state index contributed by atoms with van der Waals surface area (Å²) in [6, 6.07) is 0. The van der Waals surface area contributed by atoms with Crippen LogP contribution in [0.4, 0.5) is 0 Å². The Labute approximate surface area is 388 Å². The van der Waals surface area contributed by atoms with Gasteiger partial charge in [0, 0.05) is 37.9 Å². The van der Waals surface area contributed by atoms with Crippen LogP contribution in [-0.4, -0.2) is 117 Å². The Balaban J connectivity index is 0.000000385. The molecule has 7 rings (SSSR count). The van der Waals surface area contributed by atoms with Crippen molar-refractivity contribution in [1.29, 1.82) is 0 Å². The molecule has 2 aliphatic rings. The van der Waals surface area contributed by atoms with Gasteiger partial charge in [0.05, 0.1) is 12.1 Å². The molecular weight excluding hydrogens is 847 g/mol. The van der Waals surface area contributed by atoms with Gasteiger partial charge in [0.1, 0.15) is 42.5 Å². The monoisotopic (exact) mass is 924 g/mol. The Morgan fingerprint density at radius 2 is 0.924 bits per heavy atom. The van der Waals surface area contributed by atoms with E-state index in [4.69, 9.17) is 0 Å². The number of tetrazole rings is 2. The van der Waals surface area contributed by atoms with Crippen LogP contribution in [0.2, 0.25) is 0 Å². The number of carbonyl (C=O) groups excluding carboxylic acids is 2. The highest BCUT2D eigenvalue weighted by atomic mass is 16.2. The zero-order valence-electron chi connectivity index (χ0n) is 43.1. The third-order valence-corrected chi connectivity index (χ3v) is 8.35. The first-order valence-electron chi connectivity index (χ1n) is 21.5.